The zero-order chi connectivity index (χ0) is 26.3. The van der Waals surface area contributed by atoms with E-state index in [4.69, 9.17) is 9.47 Å². The molecule has 0 radical (unpaired) electrons. The number of aryl methyl sites for hydroxylation is 1. The van der Waals surface area contributed by atoms with E-state index < -0.39 is 0 Å². The van der Waals surface area contributed by atoms with Crippen LogP contribution in [-0.4, -0.2) is 60.2 Å². The Labute approximate surface area is 222 Å². The summed E-state index contributed by atoms with van der Waals surface area (Å²) in [4.78, 5) is 23.0. The largest absolute Gasteiger partial charge is 0.468 e. The van der Waals surface area contributed by atoms with Gasteiger partial charge in [0.25, 0.3) is 0 Å². The maximum atomic E-state index is 12.1. The quantitative estimate of drug-likeness (QED) is 0.296. The Morgan fingerprint density at radius 3 is 2.82 bits per heavy atom. The van der Waals surface area contributed by atoms with Crippen LogP contribution in [0.1, 0.15) is 11.1 Å². The number of hydrogen-bond donors (Lipinski definition) is 2. The summed E-state index contributed by atoms with van der Waals surface area (Å²) in [5.74, 6) is 8.49. The number of nitrogens with one attached hydrogen (secondary N) is 2. The number of benzene rings is 3. The zero-order valence-electron chi connectivity index (χ0n) is 21.4. The number of nitrogens with zero attached hydrogens (tertiary/aromatic N) is 3. The molecule has 192 valence electrons. The highest BCUT2D eigenvalue weighted by Gasteiger charge is 2.28. The Bertz CT molecular complexity index is 1500. The van der Waals surface area contributed by atoms with Crippen LogP contribution in [0.25, 0.3) is 10.9 Å². The van der Waals surface area contributed by atoms with Gasteiger partial charge in [-0.2, -0.15) is 0 Å². The molecule has 2 N–H and O–H groups in total. The van der Waals surface area contributed by atoms with Gasteiger partial charge >= 0.3 is 5.97 Å². The fourth-order valence-corrected chi connectivity index (χ4v) is 4.38. The molecule has 0 aliphatic carbocycles. The SMILES string of the molecule is COC(=O)C1CNCCN1CC#Cc1ccc2ncnc(Nc3ccc(Oc4ccccc4)c(C)c3)c2c1. The van der Waals surface area contributed by atoms with Gasteiger partial charge in [0.05, 0.1) is 19.2 Å². The second-order valence-corrected chi connectivity index (χ2v) is 8.99. The highest BCUT2D eigenvalue weighted by molar-refractivity contribution is 5.91. The van der Waals surface area contributed by atoms with E-state index in [1.165, 1.54) is 7.11 Å². The summed E-state index contributed by atoms with van der Waals surface area (Å²) in [6, 6.07) is 21.2. The summed E-state index contributed by atoms with van der Waals surface area (Å²) in [5.41, 5.74) is 3.57. The monoisotopic (exact) mass is 507 g/mol. The minimum absolute atomic E-state index is 0.243. The first-order chi connectivity index (χ1) is 18.6. The van der Waals surface area contributed by atoms with Crippen LogP contribution in [0.4, 0.5) is 11.5 Å². The van der Waals surface area contributed by atoms with Crippen molar-refractivity contribution in [3.05, 3.63) is 84.2 Å². The lowest BCUT2D eigenvalue weighted by Crippen LogP contribution is -2.55. The predicted octanol–water partition coefficient (Wildman–Crippen LogP) is 4.27. The van der Waals surface area contributed by atoms with E-state index in [1.54, 1.807) is 6.33 Å². The van der Waals surface area contributed by atoms with E-state index in [9.17, 15) is 4.79 Å². The molecule has 1 unspecified atom stereocenters. The molecule has 5 rings (SSSR count). The first-order valence-corrected chi connectivity index (χ1v) is 12.5. The molecule has 1 aliphatic heterocycles. The summed E-state index contributed by atoms with van der Waals surface area (Å²) in [5, 5.41) is 7.52. The summed E-state index contributed by atoms with van der Waals surface area (Å²) < 4.78 is 10.9. The molecule has 0 amide bonds. The lowest BCUT2D eigenvalue weighted by atomic mass is 10.1. The topological polar surface area (TPSA) is 88.6 Å². The number of esters is 1. The van der Waals surface area contributed by atoms with Crippen molar-refractivity contribution in [3.8, 4) is 23.3 Å². The number of carbonyl (C=O) groups is 1. The van der Waals surface area contributed by atoms with Gasteiger partial charge in [0.1, 0.15) is 29.7 Å². The maximum Gasteiger partial charge on any atom is 0.324 e. The van der Waals surface area contributed by atoms with Gasteiger partial charge in [-0.1, -0.05) is 30.0 Å². The van der Waals surface area contributed by atoms with Gasteiger partial charge in [-0.3, -0.25) is 9.69 Å². The number of piperazine rings is 1. The number of methoxy groups -OCH3 is 1. The second-order valence-electron chi connectivity index (χ2n) is 8.99. The number of para-hydroxylation sites is 1. The molecule has 4 aromatic rings. The van der Waals surface area contributed by atoms with Gasteiger partial charge < -0.3 is 20.1 Å². The summed E-state index contributed by atoms with van der Waals surface area (Å²) in [6.07, 6.45) is 1.55. The predicted molar refractivity (Wildman–Crippen MR) is 148 cm³/mol. The molecule has 3 aromatic carbocycles. The van der Waals surface area contributed by atoms with Crippen LogP contribution < -0.4 is 15.4 Å². The number of aromatic nitrogens is 2. The minimum Gasteiger partial charge on any atom is -0.468 e. The molecule has 0 bridgehead atoms. The molecule has 1 saturated heterocycles. The molecule has 1 aromatic heterocycles. The van der Waals surface area contributed by atoms with Gasteiger partial charge in [-0.05, 0) is 61.0 Å². The molecule has 0 saturated carbocycles. The van der Waals surface area contributed by atoms with Gasteiger partial charge in [-0.15, -0.1) is 0 Å². The first kappa shape index (κ1) is 25.2. The third-order valence-corrected chi connectivity index (χ3v) is 6.39. The fraction of sp³-hybridized carbons (Fsp3) is 0.233. The highest BCUT2D eigenvalue weighted by Crippen LogP contribution is 2.30. The van der Waals surface area contributed by atoms with Gasteiger partial charge in [0, 0.05) is 36.3 Å². The Morgan fingerprint density at radius 1 is 1.13 bits per heavy atom. The third kappa shape index (κ3) is 5.92. The lowest BCUT2D eigenvalue weighted by molar-refractivity contribution is -0.147. The molecule has 1 fully saturated rings. The normalized spacial score (nSPS) is 15.4. The van der Waals surface area contributed by atoms with Crippen LogP contribution in [0.15, 0.2) is 73.1 Å². The maximum absolute atomic E-state index is 12.1. The Balaban J connectivity index is 1.33. The number of rotatable bonds is 6. The van der Waals surface area contributed by atoms with E-state index >= 15 is 0 Å². The van der Waals surface area contributed by atoms with Gasteiger partial charge in [0.2, 0.25) is 0 Å². The third-order valence-electron chi connectivity index (χ3n) is 6.39. The number of anilines is 2. The van der Waals surface area contributed by atoms with Crippen LogP contribution in [0.3, 0.4) is 0 Å². The lowest BCUT2D eigenvalue weighted by Gasteiger charge is -2.32. The van der Waals surface area contributed by atoms with Crippen molar-refractivity contribution in [2.75, 3.05) is 38.6 Å². The molecule has 38 heavy (non-hydrogen) atoms. The van der Waals surface area contributed by atoms with Crippen molar-refractivity contribution in [3.63, 3.8) is 0 Å². The van der Waals surface area contributed by atoms with Crippen molar-refractivity contribution >= 4 is 28.4 Å². The van der Waals surface area contributed by atoms with Crippen LogP contribution in [-0.2, 0) is 9.53 Å². The molecule has 1 aliphatic rings. The number of carbonyl (C=O) groups excluding carboxylic acids is 1. The smallest absolute Gasteiger partial charge is 0.324 e. The van der Waals surface area contributed by atoms with Crippen molar-refractivity contribution in [1.29, 1.82) is 0 Å². The van der Waals surface area contributed by atoms with Crippen molar-refractivity contribution in [2.45, 2.75) is 13.0 Å². The molecule has 2 heterocycles. The van der Waals surface area contributed by atoms with E-state index in [0.29, 0.717) is 18.9 Å². The Kier molecular flexibility index (Phi) is 7.78. The summed E-state index contributed by atoms with van der Waals surface area (Å²) in [7, 11) is 1.41. The zero-order valence-corrected chi connectivity index (χ0v) is 21.4. The summed E-state index contributed by atoms with van der Waals surface area (Å²) in [6.45, 7) is 4.61. The standard InChI is InChI=1S/C30H29N5O3/c1-21-17-23(11-13-28(21)38-24-8-4-3-5-9-24)34-29-25-18-22(10-12-26(25)32-20-33-29)7-6-15-35-16-14-31-19-27(35)30(36)37-2/h3-5,8-13,17-18,20,27,31H,14-16,19H2,1-2H3,(H,32,33,34). The molecule has 1 atom stereocenters. The molecule has 8 nitrogen and oxygen atoms in total. The van der Waals surface area contributed by atoms with E-state index in [-0.39, 0.29) is 12.0 Å². The van der Waals surface area contributed by atoms with Gasteiger partial charge in [0.15, 0.2) is 0 Å². The van der Waals surface area contributed by atoms with Crippen LogP contribution >= 0.6 is 0 Å². The number of hydrogen-bond acceptors (Lipinski definition) is 8. The molecule has 0 spiro atoms. The van der Waals surface area contributed by atoms with Crippen LogP contribution in [0.5, 0.6) is 11.5 Å². The van der Waals surface area contributed by atoms with E-state index in [2.05, 4.69) is 32.4 Å². The first-order valence-electron chi connectivity index (χ1n) is 12.5. The van der Waals surface area contributed by atoms with E-state index in [1.807, 2.05) is 78.6 Å². The second kappa shape index (κ2) is 11.7. The highest BCUT2D eigenvalue weighted by atomic mass is 16.5. The minimum atomic E-state index is -0.322. The Hall–Kier alpha value is -4.45. The average Bonchev–Trinajstić information content (AvgIpc) is 2.95. The average molecular weight is 508 g/mol. The van der Waals surface area contributed by atoms with Crippen LogP contribution in [0.2, 0.25) is 0 Å². The summed E-state index contributed by atoms with van der Waals surface area (Å²) >= 11 is 0. The number of ether oxygens (including phenoxy) is 2. The van der Waals surface area contributed by atoms with E-state index in [0.717, 1.165) is 52.3 Å². The molecular weight excluding hydrogens is 478 g/mol. The van der Waals surface area contributed by atoms with Gasteiger partial charge in [-0.25, -0.2) is 9.97 Å². The Morgan fingerprint density at radius 2 is 2.00 bits per heavy atom. The van der Waals surface area contributed by atoms with Crippen molar-refractivity contribution in [2.24, 2.45) is 0 Å². The molecule has 8 heteroatoms. The number of fused-ring (bicyclic) bond motifs is 1. The van der Waals surface area contributed by atoms with Crippen molar-refractivity contribution in [1.82, 2.24) is 20.2 Å². The van der Waals surface area contributed by atoms with Crippen LogP contribution in [0, 0.1) is 18.8 Å². The van der Waals surface area contributed by atoms with Crippen molar-refractivity contribution < 1.29 is 14.3 Å². The fourth-order valence-electron chi connectivity index (χ4n) is 4.38. The molecular formula is C30H29N5O3.